The summed E-state index contributed by atoms with van der Waals surface area (Å²) in [6.45, 7) is -0.116. The summed E-state index contributed by atoms with van der Waals surface area (Å²) >= 11 is 0.679. The highest BCUT2D eigenvalue weighted by Gasteiger charge is 2.33. The van der Waals surface area contributed by atoms with E-state index >= 15 is 0 Å². The molecule has 0 aliphatic heterocycles. The summed E-state index contributed by atoms with van der Waals surface area (Å²) in [5.41, 5.74) is -0.489. The number of alkyl halides is 3. The van der Waals surface area contributed by atoms with E-state index in [0.717, 1.165) is 18.0 Å². The second-order valence-corrected chi connectivity index (χ2v) is 4.62. The number of thiophene rings is 1. The molecule has 0 aliphatic carbocycles. The maximum absolute atomic E-state index is 12.2. The van der Waals surface area contributed by atoms with Crippen LogP contribution < -0.4 is 4.90 Å². The molecule has 0 atom stereocenters. The van der Waals surface area contributed by atoms with Crippen molar-refractivity contribution in [3.05, 3.63) is 21.1 Å². The number of anilines is 1. The van der Waals surface area contributed by atoms with Gasteiger partial charge in [-0.3, -0.25) is 14.9 Å². The summed E-state index contributed by atoms with van der Waals surface area (Å²) < 4.78 is 36.6. The molecule has 9 heteroatoms. The first-order valence-electron chi connectivity index (χ1n) is 4.69. The van der Waals surface area contributed by atoms with Gasteiger partial charge in [0.1, 0.15) is 6.54 Å². The van der Waals surface area contributed by atoms with Crippen LogP contribution in [0.4, 0.5) is 23.9 Å². The molecule has 1 rings (SSSR count). The maximum Gasteiger partial charge on any atom is 0.405 e. The zero-order valence-corrected chi connectivity index (χ0v) is 10.3. The van der Waals surface area contributed by atoms with Gasteiger partial charge in [-0.1, -0.05) is 0 Å². The molecule has 1 aromatic heterocycles. The second-order valence-electron chi connectivity index (χ2n) is 3.59. The van der Waals surface area contributed by atoms with Crippen molar-refractivity contribution in [1.29, 1.82) is 0 Å². The fraction of sp³-hybridized carbons (Fsp3) is 0.444. The molecule has 0 N–H and O–H groups in total. The largest absolute Gasteiger partial charge is 0.405 e. The molecule has 1 heterocycles. The van der Waals surface area contributed by atoms with Crippen molar-refractivity contribution < 1.29 is 22.9 Å². The molecule has 0 radical (unpaired) electrons. The smallest absolute Gasteiger partial charge is 0.352 e. The molecule has 18 heavy (non-hydrogen) atoms. The minimum atomic E-state index is -4.47. The first-order chi connectivity index (χ1) is 8.11. The van der Waals surface area contributed by atoms with Gasteiger partial charge in [-0.25, -0.2) is 0 Å². The summed E-state index contributed by atoms with van der Waals surface area (Å²) in [6, 6.07) is 0.995. The Kier molecular flexibility index (Phi) is 3.95. The standard InChI is InChI=1S/C9H9F3N2O3S/c1-5(15)7-3-6(14(16)17)8(18-7)13(2)4-9(10,11)12/h3H,4H2,1-2H3. The normalized spacial score (nSPS) is 11.4. The third-order valence-electron chi connectivity index (χ3n) is 2.00. The minimum absolute atomic E-state index is 0.0609. The van der Waals surface area contributed by atoms with Gasteiger partial charge in [-0.15, -0.1) is 11.3 Å². The Morgan fingerprint density at radius 1 is 1.56 bits per heavy atom. The van der Waals surface area contributed by atoms with Crippen molar-refractivity contribution in [3.8, 4) is 0 Å². The first-order valence-corrected chi connectivity index (χ1v) is 5.50. The summed E-state index contributed by atoms with van der Waals surface area (Å²) in [5, 5.41) is 10.5. The minimum Gasteiger partial charge on any atom is -0.352 e. The van der Waals surface area contributed by atoms with Crippen molar-refractivity contribution in [2.75, 3.05) is 18.5 Å². The van der Waals surface area contributed by atoms with E-state index in [1.54, 1.807) is 0 Å². The molecule has 0 bridgehead atoms. The molecular weight excluding hydrogens is 273 g/mol. The van der Waals surface area contributed by atoms with Crippen LogP contribution in [0.5, 0.6) is 0 Å². The molecule has 1 aromatic rings. The molecule has 0 aliphatic rings. The number of rotatable bonds is 4. The fourth-order valence-electron chi connectivity index (χ4n) is 1.29. The lowest BCUT2D eigenvalue weighted by molar-refractivity contribution is -0.383. The molecule has 5 nitrogen and oxygen atoms in total. The van der Waals surface area contributed by atoms with Crippen molar-refractivity contribution in [1.82, 2.24) is 0 Å². The van der Waals surface area contributed by atoms with Crippen LogP contribution in [0.25, 0.3) is 0 Å². The van der Waals surface area contributed by atoms with E-state index in [1.165, 1.54) is 6.92 Å². The number of nitro groups is 1. The van der Waals surface area contributed by atoms with E-state index in [-0.39, 0.29) is 9.88 Å². The van der Waals surface area contributed by atoms with E-state index in [9.17, 15) is 28.1 Å². The highest BCUT2D eigenvalue weighted by atomic mass is 32.1. The Labute approximate surface area is 104 Å². The Morgan fingerprint density at radius 3 is 2.50 bits per heavy atom. The number of ketones is 1. The molecule has 0 saturated heterocycles. The van der Waals surface area contributed by atoms with E-state index in [2.05, 4.69) is 0 Å². The van der Waals surface area contributed by atoms with Gasteiger partial charge >= 0.3 is 11.9 Å². The van der Waals surface area contributed by atoms with Crippen LogP contribution in [0.2, 0.25) is 0 Å². The monoisotopic (exact) mass is 282 g/mol. The molecule has 0 aromatic carbocycles. The Morgan fingerprint density at radius 2 is 2.11 bits per heavy atom. The lowest BCUT2D eigenvalue weighted by Crippen LogP contribution is -2.30. The van der Waals surface area contributed by atoms with Crippen LogP contribution in [0.1, 0.15) is 16.6 Å². The van der Waals surface area contributed by atoms with Gasteiger partial charge in [-0.05, 0) is 6.92 Å². The predicted octanol–water partition coefficient (Wildman–Crippen LogP) is 2.86. The van der Waals surface area contributed by atoms with Gasteiger partial charge in [0.15, 0.2) is 10.8 Å². The zero-order valence-electron chi connectivity index (χ0n) is 9.45. The Balaban J connectivity index is 3.13. The quantitative estimate of drug-likeness (QED) is 0.484. The molecular formula is C9H9F3N2O3S. The lowest BCUT2D eigenvalue weighted by Gasteiger charge is -2.18. The maximum atomic E-state index is 12.2. The summed E-state index contributed by atoms with van der Waals surface area (Å²) in [4.78, 5) is 21.8. The number of nitrogens with zero attached hydrogens (tertiary/aromatic N) is 2. The molecule has 0 fully saturated rings. The van der Waals surface area contributed by atoms with Gasteiger partial charge in [-0.2, -0.15) is 13.2 Å². The van der Waals surface area contributed by atoms with Crippen molar-refractivity contribution >= 4 is 27.8 Å². The number of carbonyl (C=O) groups excluding carboxylic acids is 1. The summed E-state index contributed by atoms with van der Waals surface area (Å²) in [5.74, 6) is -0.422. The second kappa shape index (κ2) is 4.92. The average Bonchev–Trinajstić information content (AvgIpc) is 2.58. The lowest BCUT2D eigenvalue weighted by atomic mass is 10.3. The topological polar surface area (TPSA) is 63.4 Å². The highest BCUT2D eigenvalue weighted by Crippen LogP contribution is 2.38. The van der Waals surface area contributed by atoms with Gasteiger partial charge < -0.3 is 4.90 Å². The van der Waals surface area contributed by atoms with Crippen LogP contribution in [0.3, 0.4) is 0 Å². The van der Waals surface area contributed by atoms with Crippen LogP contribution in [-0.4, -0.2) is 30.5 Å². The van der Waals surface area contributed by atoms with Gasteiger partial charge in [0.05, 0.1) is 9.80 Å². The number of carbonyl (C=O) groups is 1. The van der Waals surface area contributed by atoms with Crippen LogP contribution in [0.15, 0.2) is 6.07 Å². The molecule has 100 valence electrons. The van der Waals surface area contributed by atoms with Crippen molar-refractivity contribution in [3.63, 3.8) is 0 Å². The average molecular weight is 282 g/mol. The Bertz CT molecular complexity index is 484. The number of hydrogen-bond acceptors (Lipinski definition) is 5. The first kappa shape index (κ1) is 14.4. The number of hydrogen-bond donors (Lipinski definition) is 0. The summed E-state index contributed by atoms with van der Waals surface area (Å²) in [6.07, 6.45) is -4.47. The number of Topliss-reactive ketones (excluding diaryl/α,β-unsaturated/α-hetero) is 1. The SMILES string of the molecule is CC(=O)c1cc([N+](=O)[O-])c(N(C)CC(F)(F)F)s1. The van der Waals surface area contributed by atoms with Gasteiger partial charge in [0.2, 0.25) is 0 Å². The third-order valence-corrected chi connectivity index (χ3v) is 3.34. The third kappa shape index (κ3) is 3.42. The van der Waals surface area contributed by atoms with E-state index < -0.39 is 29.1 Å². The van der Waals surface area contributed by atoms with E-state index in [0.29, 0.717) is 11.3 Å². The zero-order chi connectivity index (χ0) is 14.1. The van der Waals surface area contributed by atoms with E-state index in [1.807, 2.05) is 0 Å². The van der Waals surface area contributed by atoms with Crippen LogP contribution in [-0.2, 0) is 0 Å². The summed E-state index contributed by atoms with van der Waals surface area (Å²) in [7, 11) is 1.09. The molecule has 0 spiro atoms. The number of halogens is 3. The van der Waals surface area contributed by atoms with Crippen LogP contribution in [0, 0.1) is 10.1 Å². The van der Waals surface area contributed by atoms with Gasteiger partial charge in [0.25, 0.3) is 0 Å². The molecule has 0 saturated carbocycles. The highest BCUT2D eigenvalue weighted by molar-refractivity contribution is 7.18. The van der Waals surface area contributed by atoms with Crippen molar-refractivity contribution in [2.24, 2.45) is 0 Å². The fourth-order valence-corrected chi connectivity index (χ4v) is 2.27. The van der Waals surface area contributed by atoms with Crippen LogP contribution >= 0.6 is 11.3 Å². The van der Waals surface area contributed by atoms with Crippen molar-refractivity contribution in [2.45, 2.75) is 13.1 Å². The Hall–Kier alpha value is -1.64. The predicted molar refractivity (Wildman–Crippen MR) is 60.3 cm³/mol. The molecule has 0 amide bonds. The van der Waals surface area contributed by atoms with Gasteiger partial charge in [0, 0.05) is 13.1 Å². The molecule has 0 unspecified atom stereocenters. The van der Waals surface area contributed by atoms with E-state index in [4.69, 9.17) is 0 Å².